The van der Waals surface area contributed by atoms with E-state index in [4.69, 9.17) is 9.84 Å². The zero-order valence-corrected chi connectivity index (χ0v) is 19.8. The lowest BCUT2D eigenvalue weighted by atomic mass is 9.98. The minimum absolute atomic E-state index is 0.00318. The van der Waals surface area contributed by atoms with Crippen LogP contribution < -0.4 is 10.6 Å². The van der Waals surface area contributed by atoms with E-state index in [-0.39, 0.29) is 30.6 Å². The molecule has 0 aromatic heterocycles. The van der Waals surface area contributed by atoms with Crippen LogP contribution in [0.2, 0.25) is 0 Å². The van der Waals surface area contributed by atoms with Crippen molar-refractivity contribution in [2.45, 2.75) is 12.3 Å². The zero-order chi connectivity index (χ0) is 24.6. The van der Waals surface area contributed by atoms with Gasteiger partial charge in [-0.05, 0) is 39.9 Å². The van der Waals surface area contributed by atoms with Gasteiger partial charge in [0.1, 0.15) is 6.61 Å². The van der Waals surface area contributed by atoms with Crippen molar-refractivity contribution in [2.24, 2.45) is 0 Å². The highest BCUT2D eigenvalue weighted by Crippen LogP contribution is 2.44. The monoisotopic (exact) mass is 490 g/mol. The highest BCUT2D eigenvalue weighted by atomic mass is 32.2. The molecule has 8 heteroatoms. The smallest absolute Gasteiger partial charge is 0.411 e. The number of carbonyl (C=O) groups is 3. The summed E-state index contributed by atoms with van der Waals surface area (Å²) in [5.74, 6) is -0.447. The number of hydrogen-bond acceptors (Lipinski definition) is 5. The van der Waals surface area contributed by atoms with E-state index in [1.807, 2.05) is 24.3 Å². The van der Waals surface area contributed by atoms with Gasteiger partial charge in [-0.25, -0.2) is 4.79 Å². The third-order valence-electron chi connectivity index (χ3n) is 5.70. The number of rotatable bonds is 10. The number of benzene rings is 3. The van der Waals surface area contributed by atoms with Crippen LogP contribution in [-0.4, -0.2) is 47.7 Å². The Hall–Kier alpha value is -3.78. The Morgan fingerprint density at radius 2 is 1.51 bits per heavy atom. The van der Waals surface area contributed by atoms with Gasteiger partial charge in [0.25, 0.3) is 0 Å². The molecule has 0 bridgehead atoms. The summed E-state index contributed by atoms with van der Waals surface area (Å²) in [5, 5.41) is 14.1. The molecule has 0 atom stereocenters. The SMILES string of the molecule is O=C(O)CSCCNC(=O)Cc1ccc(NC(=O)OCC2c3ccccc3-c3ccccc32)cc1. The maximum absolute atomic E-state index is 12.4. The molecule has 0 saturated heterocycles. The molecule has 180 valence electrons. The van der Waals surface area contributed by atoms with E-state index in [0.717, 1.165) is 16.7 Å². The van der Waals surface area contributed by atoms with E-state index in [1.54, 1.807) is 24.3 Å². The van der Waals surface area contributed by atoms with Gasteiger partial charge in [-0.15, -0.1) is 11.8 Å². The molecule has 0 heterocycles. The third-order valence-corrected chi connectivity index (χ3v) is 6.65. The molecule has 0 radical (unpaired) electrons. The number of amides is 2. The fraction of sp³-hybridized carbons (Fsp3) is 0.222. The van der Waals surface area contributed by atoms with Gasteiger partial charge < -0.3 is 15.2 Å². The number of carboxylic acid groups (broad SMARTS) is 1. The zero-order valence-electron chi connectivity index (χ0n) is 19.0. The van der Waals surface area contributed by atoms with Crippen LogP contribution in [-0.2, 0) is 20.7 Å². The Kier molecular flexibility index (Phi) is 8.05. The number of carbonyl (C=O) groups excluding carboxylic acids is 2. The standard InChI is InChI=1S/C27H26N2O5S/c30-25(28-13-14-35-17-26(31)32)15-18-9-11-19(12-10-18)29-27(33)34-16-24-22-7-3-1-5-20(22)21-6-2-4-8-23(21)24/h1-12,24H,13-17H2,(H,28,30)(H,29,33)(H,31,32). The van der Waals surface area contributed by atoms with Gasteiger partial charge in [0.2, 0.25) is 5.91 Å². The van der Waals surface area contributed by atoms with Crippen LogP contribution in [0.3, 0.4) is 0 Å². The Bertz CT molecular complexity index is 1170. The first-order chi connectivity index (χ1) is 17.0. The quantitative estimate of drug-likeness (QED) is 0.361. The topological polar surface area (TPSA) is 105 Å². The number of nitrogens with one attached hydrogen (secondary N) is 2. The van der Waals surface area contributed by atoms with E-state index in [2.05, 4.69) is 34.9 Å². The first kappa shape index (κ1) is 24.3. The fourth-order valence-corrected chi connectivity index (χ4v) is 4.69. The van der Waals surface area contributed by atoms with Crippen LogP contribution in [0.4, 0.5) is 10.5 Å². The molecule has 0 spiro atoms. The second-order valence-electron chi connectivity index (χ2n) is 8.12. The van der Waals surface area contributed by atoms with Gasteiger partial charge in [0.05, 0.1) is 12.2 Å². The summed E-state index contributed by atoms with van der Waals surface area (Å²) in [7, 11) is 0. The minimum Gasteiger partial charge on any atom is -0.481 e. The summed E-state index contributed by atoms with van der Waals surface area (Å²) in [6, 6.07) is 23.4. The number of thioether (sulfide) groups is 1. The van der Waals surface area contributed by atoms with Gasteiger partial charge in [-0.1, -0.05) is 60.7 Å². The normalized spacial score (nSPS) is 11.9. The van der Waals surface area contributed by atoms with Crippen LogP contribution in [0.25, 0.3) is 11.1 Å². The Morgan fingerprint density at radius 3 is 2.14 bits per heavy atom. The number of carboxylic acids is 1. The van der Waals surface area contributed by atoms with E-state index < -0.39 is 12.1 Å². The largest absolute Gasteiger partial charge is 0.481 e. The van der Waals surface area contributed by atoms with Crippen molar-refractivity contribution in [2.75, 3.05) is 30.0 Å². The summed E-state index contributed by atoms with van der Waals surface area (Å²) >= 11 is 1.26. The maximum atomic E-state index is 12.4. The van der Waals surface area contributed by atoms with Crippen molar-refractivity contribution < 1.29 is 24.2 Å². The Balaban J connectivity index is 1.24. The first-order valence-electron chi connectivity index (χ1n) is 11.3. The van der Waals surface area contributed by atoms with Crippen molar-refractivity contribution >= 4 is 35.4 Å². The third kappa shape index (κ3) is 6.42. The summed E-state index contributed by atoms with van der Waals surface area (Å²) in [4.78, 5) is 34.9. The fourth-order valence-electron chi connectivity index (χ4n) is 4.13. The molecule has 35 heavy (non-hydrogen) atoms. The molecule has 2 amide bonds. The van der Waals surface area contributed by atoms with E-state index >= 15 is 0 Å². The molecular weight excluding hydrogens is 464 g/mol. The minimum atomic E-state index is -0.867. The average Bonchev–Trinajstić information content (AvgIpc) is 3.17. The summed E-state index contributed by atoms with van der Waals surface area (Å²) in [6.07, 6.45) is -0.328. The molecule has 0 fully saturated rings. The van der Waals surface area contributed by atoms with E-state index in [1.165, 1.54) is 22.9 Å². The molecule has 3 aromatic rings. The van der Waals surface area contributed by atoms with E-state index in [0.29, 0.717) is 18.0 Å². The van der Waals surface area contributed by atoms with E-state index in [9.17, 15) is 14.4 Å². The molecular formula is C27H26N2O5S. The molecule has 7 nitrogen and oxygen atoms in total. The molecule has 1 aliphatic carbocycles. The number of anilines is 1. The number of aliphatic carboxylic acids is 1. The second-order valence-corrected chi connectivity index (χ2v) is 9.23. The van der Waals surface area contributed by atoms with Crippen molar-refractivity contribution in [3.8, 4) is 11.1 Å². The number of fused-ring (bicyclic) bond motifs is 3. The highest BCUT2D eigenvalue weighted by Gasteiger charge is 2.29. The molecule has 0 saturated carbocycles. The van der Waals surface area contributed by atoms with Crippen LogP contribution in [0, 0.1) is 0 Å². The predicted octanol–water partition coefficient (Wildman–Crippen LogP) is 4.52. The maximum Gasteiger partial charge on any atom is 0.411 e. The molecule has 0 unspecified atom stereocenters. The van der Waals surface area contributed by atoms with Gasteiger partial charge in [-0.3, -0.25) is 14.9 Å². The average molecular weight is 491 g/mol. The van der Waals surface area contributed by atoms with Gasteiger partial charge in [0.15, 0.2) is 0 Å². The Labute approximate surface area is 207 Å². The lowest BCUT2D eigenvalue weighted by molar-refractivity contribution is -0.133. The number of hydrogen-bond donors (Lipinski definition) is 3. The van der Waals surface area contributed by atoms with Gasteiger partial charge >= 0.3 is 12.1 Å². The van der Waals surface area contributed by atoms with Crippen molar-refractivity contribution in [1.29, 1.82) is 0 Å². The lowest BCUT2D eigenvalue weighted by Gasteiger charge is -2.14. The highest BCUT2D eigenvalue weighted by molar-refractivity contribution is 7.99. The predicted molar refractivity (Wildman–Crippen MR) is 137 cm³/mol. The Morgan fingerprint density at radius 1 is 0.886 bits per heavy atom. The van der Waals surface area contributed by atoms with Crippen LogP contribution in [0.1, 0.15) is 22.6 Å². The van der Waals surface area contributed by atoms with Crippen LogP contribution in [0.15, 0.2) is 72.8 Å². The van der Waals surface area contributed by atoms with Crippen LogP contribution >= 0.6 is 11.8 Å². The van der Waals surface area contributed by atoms with Gasteiger partial charge in [0, 0.05) is 23.9 Å². The molecule has 0 aliphatic heterocycles. The number of ether oxygens (including phenoxy) is 1. The van der Waals surface area contributed by atoms with Crippen molar-refractivity contribution in [3.63, 3.8) is 0 Å². The van der Waals surface area contributed by atoms with Crippen LogP contribution in [0.5, 0.6) is 0 Å². The van der Waals surface area contributed by atoms with Crippen molar-refractivity contribution in [3.05, 3.63) is 89.5 Å². The first-order valence-corrected chi connectivity index (χ1v) is 12.4. The summed E-state index contributed by atoms with van der Waals surface area (Å²) < 4.78 is 5.56. The lowest BCUT2D eigenvalue weighted by Crippen LogP contribution is -2.27. The molecule has 1 aliphatic rings. The van der Waals surface area contributed by atoms with Crippen molar-refractivity contribution in [1.82, 2.24) is 5.32 Å². The summed E-state index contributed by atoms with van der Waals surface area (Å²) in [6.45, 7) is 0.654. The molecule has 3 N–H and O–H groups in total. The summed E-state index contributed by atoms with van der Waals surface area (Å²) in [5.41, 5.74) is 6.05. The molecule has 3 aromatic carbocycles. The molecule has 4 rings (SSSR count). The second kappa shape index (κ2) is 11.6. The van der Waals surface area contributed by atoms with Gasteiger partial charge in [-0.2, -0.15) is 0 Å².